The lowest BCUT2D eigenvalue weighted by Crippen LogP contribution is -3.00. The normalized spacial score (nSPS) is 9.76. The molecule has 0 aliphatic carbocycles. The van der Waals surface area contributed by atoms with Crippen LogP contribution < -0.4 is 28.5 Å². The number of pyridine rings is 1. The predicted octanol–water partition coefficient (Wildman–Crippen LogP) is -0.391. The standard InChI is InChI=1S/C15H18N.HI/c1-13-10-11-16(2)15(12-13)9-8-14-6-4-3-5-7-14;/h3-7,10-12H,8-9H2,1-2H3;1H/q+1;/p-1. The average molecular weight is 339 g/mol. The highest BCUT2D eigenvalue weighted by molar-refractivity contribution is 5.17. The Morgan fingerprint density at radius 2 is 1.71 bits per heavy atom. The Labute approximate surface area is 121 Å². The minimum Gasteiger partial charge on any atom is -1.00 e. The molecule has 0 bridgehead atoms. The largest absolute Gasteiger partial charge is 1.00 e. The van der Waals surface area contributed by atoms with Crippen LogP contribution >= 0.6 is 0 Å². The molecule has 0 N–H and O–H groups in total. The van der Waals surface area contributed by atoms with Gasteiger partial charge in [-0.15, -0.1) is 0 Å². The molecule has 0 fully saturated rings. The smallest absolute Gasteiger partial charge is 0.181 e. The van der Waals surface area contributed by atoms with E-state index in [9.17, 15) is 0 Å². The van der Waals surface area contributed by atoms with Crippen LogP contribution in [-0.2, 0) is 19.9 Å². The van der Waals surface area contributed by atoms with E-state index in [0.29, 0.717) is 0 Å². The third kappa shape index (κ3) is 4.11. The first-order valence-corrected chi connectivity index (χ1v) is 5.75. The zero-order valence-electron chi connectivity index (χ0n) is 10.4. The number of aryl methyl sites for hydroxylation is 4. The summed E-state index contributed by atoms with van der Waals surface area (Å²) < 4.78 is 2.20. The fourth-order valence-corrected chi connectivity index (χ4v) is 1.90. The van der Waals surface area contributed by atoms with E-state index in [1.807, 2.05) is 0 Å². The van der Waals surface area contributed by atoms with Gasteiger partial charge in [0.05, 0.1) is 0 Å². The molecule has 2 aromatic rings. The van der Waals surface area contributed by atoms with E-state index >= 15 is 0 Å². The summed E-state index contributed by atoms with van der Waals surface area (Å²) in [6.45, 7) is 2.14. The molecule has 0 unspecified atom stereocenters. The molecule has 0 spiro atoms. The Bertz CT molecular complexity index is 466. The first-order chi connectivity index (χ1) is 7.75. The van der Waals surface area contributed by atoms with Crippen molar-refractivity contribution in [3.8, 4) is 0 Å². The number of aromatic nitrogens is 1. The Morgan fingerprint density at radius 1 is 1.00 bits per heavy atom. The lowest BCUT2D eigenvalue weighted by atomic mass is 10.1. The summed E-state index contributed by atoms with van der Waals surface area (Å²) in [6, 6.07) is 15.1. The minimum atomic E-state index is 0. The highest BCUT2D eigenvalue weighted by Gasteiger charge is 2.06. The van der Waals surface area contributed by atoms with Crippen LogP contribution in [0.3, 0.4) is 0 Å². The number of halogens is 1. The van der Waals surface area contributed by atoms with Gasteiger partial charge in [-0.3, -0.25) is 0 Å². The number of hydrogen-bond acceptors (Lipinski definition) is 0. The molecule has 1 aromatic heterocycles. The average Bonchev–Trinajstić information content (AvgIpc) is 2.32. The van der Waals surface area contributed by atoms with Gasteiger partial charge in [0.1, 0.15) is 7.05 Å². The third-order valence-corrected chi connectivity index (χ3v) is 2.92. The molecule has 0 radical (unpaired) electrons. The van der Waals surface area contributed by atoms with Crippen molar-refractivity contribution >= 4 is 0 Å². The summed E-state index contributed by atoms with van der Waals surface area (Å²) in [7, 11) is 2.11. The van der Waals surface area contributed by atoms with E-state index < -0.39 is 0 Å². The Morgan fingerprint density at radius 3 is 2.41 bits per heavy atom. The van der Waals surface area contributed by atoms with Gasteiger partial charge in [-0.2, -0.15) is 0 Å². The van der Waals surface area contributed by atoms with Gasteiger partial charge in [-0.25, -0.2) is 4.57 Å². The molecular weight excluding hydrogens is 321 g/mol. The Kier molecular flexibility index (Phi) is 5.62. The van der Waals surface area contributed by atoms with E-state index in [-0.39, 0.29) is 24.0 Å². The van der Waals surface area contributed by atoms with Crippen molar-refractivity contribution in [3.05, 3.63) is 65.5 Å². The number of nitrogens with zero attached hydrogens (tertiary/aromatic N) is 1. The number of benzene rings is 1. The summed E-state index contributed by atoms with van der Waals surface area (Å²) in [5.74, 6) is 0. The second-order valence-electron chi connectivity index (χ2n) is 4.29. The third-order valence-electron chi connectivity index (χ3n) is 2.92. The van der Waals surface area contributed by atoms with Gasteiger partial charge < -0.3 is 24.0 Å². The highest BCUT2D eigenvalue weighted by Crippen LogP contribution is 2.05. The topological polar surface area (TPSA) is 3.88 Å². The first kappa shape index (κ1) is 14.2. The lowest BCUT2D eigenvalue weighted by molar-refractivity contribution is -0.679. The molecule has 1 nitrogen and oxygen atoms in total. The molecule has 90 valence electrons. The molecule has 2 rings (SSSR count). The van der Waals surface area contributed by atoms with Crippen LogP contribution in [0.15, 0.2) is 48.7 Å². The van der Waals surface area contributed by atoms with Gasteiger partial charge in [0.2, 0.25) is 0 Å². The Balaban J connectivity index is 0.00000144. The van der Waals surface area contributed by atoms with Gasteiger partial charge >= 0.3 is 0 Å². The van der Waals surface area contributed by atoms with Gasteiger partial charge in [0.15, 0.2) is 11.9 Å². The van der Waals surface area contributed by atoms with Gasteiger partial charge in [-0.1, -0.05) is 30.3 Å². The minimum absolute atomic E-state index is 0. The highest BCUT2D eigenvalue weighted by atomic mass is 127. The first-order valence-electron chi connectivity index (χ1n) is 5.75. The van der Waals surface area contributed by atoms with Crippen molar-refractivity contribution in [3.63, 3.8) is 0 Å². The molecule has 2 heteroatoms. The molecule has 0 aliphatic heterocycles. The van der Waals surface area contributed by atoms with Crippen LogP contribution in [-0.4, -0.2) is 0 Å². The maximum Gasteiger partial charge on any atom is 0.181 e. The summed E-state index contributed by atoms with van der Waals surface area (Å²) in [5, 5.41) is 0. The van der Waals surface area contributed by atoms with E-state index in [2.05, 4.69) is 67.2 Å². The molecule has 0 aliphatic rings. The molecule has 0 saturated heterocycles. The van der Waals surface area contributed by atoms with Crippen molar-refractivity contribution in [2.45, 2.75) is 19.8 Å². The summed E-state index contributed by atoms with van der Waals surface area (Å²) in [4.78, 5) is 0. The van der Waals surface area contributed by atoms with E-state index in [0.717, 1.165) is 12.8 Å². The second kappa shape index (κ2) is 6.74. The van der Waals surface area contributed by atoms with Crippen LogP contribution in [0.2, 0.25) is 0 Å². The van der Waals surface area contributed by atoms with Gasteiger partial charge in [-0.05, 0) is 24.5 Å². The maximum atomic E-state index is 2.27. The Hall–Kier alpha value is -0.900. The van der Waals surface area contributed by atoms with E-state index in [1.54, 1.807) is 0 Å². The zero-order chi connectivity index (χ0) is 11.4. The van der Waals surface area contributed by atoms with E-state index in [4.69, 9.17) is 0 Å². The van der Waals surface area contributed by atoms with Crippen LogP contribution in [0.1, 0.15) is 16.8 Å². The van der Waals surface area contributed by atoms with Crippen LogP contribution in [0.25, 0.3) is 0 Å². The van der Waals surface area contributed by atoms with E-state index in [1.165, 1.54) is 16.8 Å². The fourth-order valence-electron chi connectivity index (χ4n) is 1.90. The maximum absolute atomic E-state index is 2.27. The predicted molar refractivity (Wildman–Crippen MR) is 66.2 cm³/mol. The molecule has 0 atom stereocenters. The van der Waals surface area contributed by atoms with Crippen molar-refractivity contribution in [1.29, 1.82) is 0 Å². The van der Waals surface area contributed by atoms with Crippen LogP contribution in [0.5, 0.6) is 0 Å². The molecule has 1 heterocycles. The zero-order valence-corrected chi connectivity index (χ0v) is 12.5. The molecular formula is C15H18IN. The molecule has 17 heavy (non-hydrogen) atoms. The monoisotopic (exact) mass is 339 g/mol. The second-order valence-corrected chi connectivity index (χ2v) is 4.29. The molecule has 0 saturated carbocycles. The summed E-state index contributed by atoms with van der Waals surface area (Å²) >= 11 is 0. The van der Waals surface area contributed by atoms with Crippen molar-refractivity contribution < 1.29 is 28.5 Å². The van der Waals surface area contributed by atoms with Crippen molar-refractivity contribution in [2.75, 3.05) is 0 Å². The number of rotatable bonds is 3. The summed E-state index contributed by atoms with van der Waals surface area (Å²) in [6.07, 6.45) is 4.34. The molecule has 0 amide bonds. The van der Waals surface area contributed by atoms with Gasteiger partial charge in [0, 0.05) is 18.6 Å². The number of hydrogen-bond donors (Lipinski definition) is 0. The SMILES string of the molecule is Cc1cc[n+](C)c(CCc2ccccc2)c1.[I-]. The summed E-state index contributed by atoms with van der Waals surface area (Å²) in [5.41, 5.74) is 4.13. The quantitative estimate of drug-likeness (QED) is 0.530. The molecule has 1 aromatic carbocycles. The van der Waals surface area contributed by atoms with Crippen molar-refractivity contribution in [2.24, 2.45) is 7.05 Å². The van der Waals surface area contributed by atoms with Gasteiger partial charge in [0.25, 0.3) is 0 Å². The van der Waals surface area contributed by atoms with Crippen LogP contribution in [0, 0.1) is 6.92 Å². The van der Waals surface area contributed by atoms with Crippen molar-refractivity contribution in [1.82, 2.24) is 0 Å². The fraction of sp³-hybridized carbons (Fsp3) is 0.267. The lowest BCUT2D eigenvalue weighted by Gasteiger charge is -2.02. The van der Waals surface area contributed by atoms with Crippen LogP contribution in [0.4, 0.5) is 0 Å².